The standard InChI is InChI=1S/C26H25ClN6O/c1-30-16-22(15-29)21-9-10-24(32-17-21)33-26(34)25(20-3-2-4-23(27)13-20)31-12-11-18-5-7-19(14-28)8-6-18/h2-10,13,15-17,25,31H,11-12,29H2,1H3,(H,32,33,34)/b22-15+,30-16?. The summed E-state index contributed by atoms with van der Waals surface area (Å²) in [6, 6.07) is 19.6. The van der Waals surface area contributed by atoms with Crippen molar-refractivity contribution in [3.05, 3.63) is 100 Å². The number of aliphatic imine (C=N–C) groups is 1. The number of hydrogen-bond donors (Lipinski definition) is 3. The van der Waals surface area contributed by atoms with Gasteiger partial charge < -0.3 is 16.4 Å². The monoisotopic (exact) mass is 472 g/mol. The Morgan fingerprint density at radius 1 is 1.24 bits per heavy atom. The zero-order chi connectivity index (χ0) is 24.3. The molecule has 0 aliphatic carbocycles. The number of halogens is 1. The molecule has 34 heavy (non-hydrogen) atoms. The maximum Gasteiger partial charge on any atom is 0.247 e. The Bertz CT molecular complexity index is 1210. The number of nitrogens with zero attached hydrogens (tertiary/aromatic N) is 3. The molecule has 2 aromatic carbocycles. The molecule has 0 aliphatic rings. The van der Waals surface area contributed by atoms with Crippen LogP contribution in [0.3, 0.4) is 0 Å². The third-order valence-corrected chi connectivity index (χ3v) is 5.32. The van der Waals surface area contributed by atoms with Crippen molar-refractivity contribution >= 4 is 35.1 Å². The van der Waals surface area contributed by atoms with E-state index < -0.39 is 6.04 Å². The number of pyridine rings is 1. The van der Waals surface area contributed by atoms with Crippen molar-refractivity contribution in [1.29, 1.82) is 5.26 Å². The van der Waals surface area contributed by atoms with Crippen molar-refractivity contribution in [3.63, 3.8) is 0 Å². The molecule has 1 heterocycles. The summed E-state index contributed by atoms with van der Waals surface area (Å²) in [5.41, 5.74) is 9.59. The van der Waals surface area contributed by atoms with Crippen molar-refractivity contribution in [3.8, 4) is 6.07 Å². The van der Waals surface area contributed by atoms with Gasteiger partial charge in [0.05, 0.1) is 11.6 Å². The Balaban J connectivity index is 1.72. The first kappa shape index (κ1) is 24.6. The van der Waals surface area contributed by atoms with E-state index in [1.54, 1.807) is 49.8 Å². The van der Waals surface area contributed by atoms with Gasteiger partial charge in [0.15, 0.2) is 0 Å². The van der Waals surface area contributed by atoms with Gasteiger partial charge in [-0.3, -0.25) is 9.79 Å². The number of rotatable bonds is 9. The first-order valence-corrected chi connectivity index (χ1v) is 11.0. The van der Waals surface area contributed by atoms with Crippen LogP contribution in [0.4, 0.5) is 5.82 Å². The van der Waals surface area contributed by atoms with E-state index in [9.17, 15) is 4.79 Å². The smallest absolute Gasteiger partial charge is 0.247 e. The number of carbonyl (C=O) groups excluding carboxylic acids is 1. The minimum Gasteiger partial charge on any atom is -0.404 e. The molecule has 0 saturated heterocycles. The second kappa shape index (κ2) is 12.3. The molecule has 1 unspecified atom stereocenters. The Morgan fingerprint density at radius 2 is 2.03 bits per heavy atom. The van der Waals surface area contributed by atoms with Crippen molar-refractivity contribution < 1.29 is 4.79 Å². The molecule has 1 amide bonds. The molecule has 1 aromatic heterocycles. The number of anilines is 1. The summed E-state index contributed by atoms with van der Waals surface area (Å²) in [6.07, 6.45) is 5.41. The third-order valence-electron chi connectivity index (χ3n) is 5.09. The number of benzene rings is 2. The van der Waals surface area contributed by atoms with Gasteiger partial charge in [-0.1, -0.05) is 35.9 Å². The maximum absolute atomic E-state index is 13.2. The number of hydrogen-bond acceptors (Lipinski definition) is 6. The summed E-state index contributed by atoms with van der Waals surface area (Å²) in [5.74, 6) is 0.159. The highest BCUT2D eigenvalue weighted by Crippen LogP contribution is 2.20. The molecule has 1 atom stereocenters. The molecule has 0 bridgehead atoms. The van der Waals surface area contributed by atoms with Crippen LogP contribution in [0.5, 0.6) is 0 Å². The van der Waals surface area contributed by atoms with Gasteiger partial charge in [-0.15, -0.1) is 0 Å². The molecule has 0 saturated carbocycles. The van der Waals surface area contributed by atoms with Crippen molar-refractivity contribution in [1.82, 2.24) is 10.3 Å². The lowest BCUT2D eigenvalue weighted by atomic mass is 10.0. The van der Waals surface area contributed by atoms with Gasteiger partial charge in [-0.25, -0.2) is 4.98 Å². The molecule has 4 N–H and O–H groups in total. The van der Waals surface area contributed by atoms with Crippen LogP contribution in [-0.2, 0) is 11.2 Å². The van der Waals surface area contributed by atoms with Crippen molar-refractivity contribution in [2.75, 3.05) is 18.9 Å². The van der Waals surface area contributed by atoms with Gasteiger partial charge >= 0.3 is 0 Å². The Morgan fingerprint density at radius 3 is 2.65 bits per heavy atom. The van der Waals surface area contributed by atoms with Crippen LogP contribution >= 0.6 is 11.6 Å². The lowest BCUT2D eigenvalue weighted by molar-refractivity contribution is -0.118. The van der Waals surface area contributed by atoms with E-state index in [0.717, 1.165) is 22.3 Å². The quantitative estimate of drug-likeness (QED) is 0.405. The number of amides is 1. The second-order valence-electron chi connectivity index (χ2n) is 7.43. The zero-order valence-electron chi connectivity index (χ0n) is 18.7. The summed E-state index contributed by atoms with van der Waals surface area (Å²) in [4.78, 5) is 21.5. The van der Waals surface area contributed by atoms with Gasteiger partial charge in [0.25, 0.3) is 0 Å². The van der Waals surface area contributed by atoms with E-state index in [0.29, 0.717) is 29.4 Å². The van der Waals surface area contributed by atoms with E-state index in [4.69, 9.17) is 22.6 Å². The Labute approximate surface area is 204 Å². The average Bonchev–Trinajstić information content (AvgIpc) is 2.86. The number of aromatic nitrogens is 1. The van der Waals surface area contributed by atoms with Crippen LogP contribution in [0.2, 0.25) is 5.02 Å². The predicted octanol–water partition coefficient (Wildman–Crippen LogP) is 4.12. The average molecular weight is 473 g/mol. The fourth-order valence-corrected chi connectivity index (χ4v) is 3.54. The molecule has 3 aromatic rings. The molecular formula is C26H25ClN6O. The molecule has 7 nitrogen and oxygen atoms in total. The summed E-state index contributed by atoms with van der Waals surface area (Å²) in [6.45, 7) is 0.546. The van der Waals surface area contributed by atoms with Crippen LogP contribution in [-0.4, -0.2) is 30.7 Å². The highest BCUT2D eigenvalue weighted by atomic mass is 35.5. The highest BCUT2D eigenvalue weighted by molar-refractivity contribution is 6.30. The van der Waals surface area contributed by atoms with E-state index in [1.807, 2.05) is 30.3 Å². The van der Waals surface area contributed by atoms with Crippen LogP contribution in [0.15, 0.2) is 78.1 Å². The number of carbonyl (C=O) groups is 1. The normalized spacial score (nSPS) is 12.3. The molecular weight excluding hydrogens is 448 g/mol. The maximum atomic E-state index is 13.2. The van der Waals surface area contributed by atoms with Crippen LogP contribution in [0.25, 0.3) is 5.57 Å². The molecule has 0 aliphatic heterocycles. The lowest BCUT2D eigenvalue weighted by Crippen LogP contribution is -2.34. The topological polar surface area (TPSA) is 116 Å². The van der Waals surface area contributed by atoms with Crippen LogP contribution < -0.4 is 16.4 Å². The lowest BCUT2D eigenvalue weighted by Gasteiger charge is -2.19. The largest absolute Gasteiger partial charge is 0.404 e. The van der Waals surface area contributed by atoms with Gasteiger partial charge in [0.2, 0.25) is 5.91 Å². The number of nitrogens with one attached hydrogen (secondary N) is 2. The molecule has 0 spiro atoms. The van der Waals surface area contributed by atoms with Crippen LogP contribution in [0.1, 0.15) is 28.3 Å². The summed E-state index contributed by atoms with van der Waals surface area (Å²) < 4.78 is 0. The fourth-order valence-electron chi connectivity index (χ4n) is 3.34. The van der Waals surface area contributed by atoms with Crippen molar-refractivity contribution in [2.45, 2.75) is 12.5 Å². The number of allylic oxidation sites excluding steroid dienone is 1. The highest BCUT2D eigenvalue weighted by Gasteiger charge is 2.21. The first-order valence-electron chi connectivity index (χ1n) is 10.6. The summed E-state index contributed by atoms with van der Waals surface area (Å²) in [5, 5.41) is 15.7. The summed E-state index contributed by atoms with van der Waals surface area (Å²) in [7, 11) is 1.66. The molecule has 0 radical (unpaired) electrons. The van der Waals surface area contributed by atoms with Gasteiger partial charge in [-0.2, -0.15) is 5.26 Å². The fraction of sp³-hybridized carbons (Fsp3) is 0.154. The predicted molar refractivity (Wildman–Crippen MR) is 137 cm³/mol. The van der Waals surface area contributed by atoms with Crippen LogP contribution in [0, 0.1) is 11.3 Å². The zero-order valence-corrected chi connectivity index (χ0v) is 19.5. The Hall–Kier alpha value is -3.99. The van der Waals surface area contributed by atoms with Gasteiger partial charge in [0.1, 0.15) is 11.9 Å². The minimum absolute atomic E-state index is 0.257. The van der Waals surface area contributed by atoms with Gasteiger partial charge in [0, 0.05) is 48.4 Å². The second-order valence-corrected chi connectivity index (χ2v) is 7.87. The molecule has 8 heteroatoms. The van der Waals surface area contributed by atoms with E-state index in [1.165, 1.54) is 6.20 Å². The van der Waals surface area contributed by atoms with Crippen molar-refractivity contribution in [2.24, 2.45) is 10.7 Å². The molecule has 3 rings (SSSR count). The first-order chi connectivity index (χ1) is 16.5. The molecule has 172 valence electrons. The summed E-state index contributed by atoms with van der Waals surface area (Å²) >= 11 is 6.17. The Kier molecular flexibility index (Phi) is 8.92. The SMILES string of the molecule is CN=C/C(=C\N)c1ccc(NC(=O)C(NCCc2ccc(C#N)cc2)c2cccc(Cl)c2)nc1. The minimum atomic E-state index is -0.634. The van der Waals surface area contributed by atoms with E-state index in [-0.39, 0.29) is 5.91 Å². The van der Waals surface area contributed by atoms with Gasteiger partial charge in [-0.05, 0) is 53.9 Å². The number of nitriles is 1. The third kappa shape index (κ3) is 6.75. The van der Waals surface area contributed by atoms with E-state index >= 15 is 0 Å². The van der Waals surface area contributed by atoms with E-state index in [2.05, 4.69) is 26.7 Å². The number of nitrogens with two attached hydrogens (primary N) is 1. The molecule has 0 fully saturated rings.